The Morgan fingerprint density at radius 3 is 2.65 bits per heavy atom. The van der Waals surface area contributed by atoms with Crippen LogP contribution in [-0.4, -0.2) is 22.2 Å². The summed E-state index contributed by atoms with van der Waals surface area (Å²) in [5.41, 5.74) is 5.33. The third-order valence-corrected chi connectivity index (χ3v) is 3.66. The molecule has 2 rings (SSSR count). The highest BCUT2D eigenvalue weighted by molar-refractivity contribution is 5.92. The highest BCUT2D eigenvalue weighted by Crippen LogP contribution is 2.16. The fraction of sp³-hybridized carbons (Fsp3) is 0.263. The van der Waals surface area contributed by atoms with Crippen LogP contribution >= 0.6 is 0 Å². The van der Waals surface area contributed by atoms with Crippen LogP contribution in [0.1, 0.15) is 28.1 Å². The summed E-state index contributed by atoms with van der Waals surface area (Å²) >= 11 is 0. The SMILES string of the molecule is C#CCNC(=O)/C=C/c1c(C)nn(Cc2ccc(C)cc2)c1C. The topological polar surface area (TPSA) is 46.9 Å². The van der Waals surface area contributed by atoms with Crippen molar-refractivity contribution in [1.29, 1.82) is 0 Å². The minimum atomic E-state index is -0.201. The van der Waals surface area contributed by atoms with Crippen molar-refractivity contribution in [2.24, 2.45) is 0 Å². The fourth-order valence-electron chi connectivity index (χ4n) is 2.33. The average Bonchev–Trinajstić information content (AvgIpc) is 2.79. The number of rotatable bonds is 5. The van der Waals surface area contributed by atoms with E-state index in [2.05, 4.69) is 47.5 Å². The number of amides is 1. The van der Waals surface area contributed by atoms with Gasteiger partial charge in [-0.15, -0.1) is 6.42 Å². The molecule has 0 aliphatic rings. The molecule has 1 heterocycles. The number of carbonyl (C=O) groups is 1. The molecular formula is C19H21N3O. The van der Waals surface area contributed by atoms with Crippen LogP contribution in [0.5, 0.6) is 0 Å². The van der Waals surface area contributed by atoms with Crippen molar-refractivity contribution in [3.05, 3.63) is 58.4 Å². The van der Waals surface area contributed by atoms with E-state index >= 15 is 0 Å². The van der Waals surface area contributed by atoms with E-state index in [1.807, 2.05) is 18.5 Å². The van der Waals surface area contributed by atoms with E-state index in [1.165, 1.54) is 17.2 Å². The molecule has 1 N–H and O–H groups in total. The Labute approximate surface area is 137 Å². The van der Waals surface area contributed by atoms with Gasteiger partial charge in [0, 0.05) is 17.3 Å². The third kappa shape index (κ3) is 4.33. The van der Waals surface area contributed by atoms with Crippen molar-refractivity contribution in [3.63, 3.8) is 0 Å². The number of nitrogens with zero attached hydrogens (tertiary/aromatic N) is 2. The van der Waals surface area contributed by atoms with Gasteiger partial charge in [0.15, 0.2) is 0 Å². The molecule has 0 aliphatic carbocycles. The Balaban J connectivity index is 2.16. The largest absolute Gasteiger partial charge is 0.342 e. The number of benzene rings is 1. The van der Waals surface area contributed by atoms with Gasteiger partial charge in [0.05, 0.1) is 18.8 Å². The summed E-state index contributed by atoms with van der Waals surface area (Å²) in [5.74, 6) is 2.17. The molecule has 0 spiro atoms. The van der Waals surface area contributed by atoms with Crippen LogP contribution in [0.15, 0.2) is 30.3 Å². The first-order valence-corrected chi connectivity index (χ1v) is 7.50. The van der Waals surface area contributed by atoms with Crippen molar-refractivity contribution >= 4 is 12.0 Å². The summed E-state index contributed by atoms with van der Waals surface area (Å²) in [5, 5.41) is 7.17. The predicted octanol–water partition coefficient (Wildman–Crippen LogP) is 2.62. The van der Waals surface area contributed by atoms with Crippen molar-refractivity contribution in [2.75, 3.05) is 6.54 Å². The second kappa shape index (κ2) is 7.46. The molecule has 0 unspecified atom stereocenters. The Morgan fingerprint density at radius 1 is 1.30 bits per heavy atom. The lowest BCUT2D eigenvalue weighted by Gasteiger charge is -2.05. The quantitative estimate of drug-likeness (QED) is 0.682. The first-order chi connectivity index (χ1) is 11.0. The Kier molecular flexibility index (Phi) is 5.37. The number of nitrogens with one attached hydrogen (secondary N) is 1. The molecule has 0 fully saturated rings. The Hall–Kier alpha value is -2.80. The maximum atomic E-state index is 11.6. The molecule has 0 saturated carbocycles. The maximum absolute atomic E-state index is 11.6. The van der Waals surface area contributed by atoms with E-state index in [9.17, 15) is 4.79 Å². The van der Waals surface area contributed by atoms with Gasteiger partial charge in [-0.1, -0.05) is 35.7 Å². The minimum absolute atomic E-state index is 0.201. The molecule has 1 aromatic heterocycles. The number of hydrogen-bond acceptors (Lipinski definition) is 2. The van der Waals surface area contributed by atoms with Crippen molar-refractivity contribution < 1.29 is 4.79 Å². The summed E-state index contributed by atoms with van der Waals surface area (Å²) in [7, 11) is 0. The first kappa shape index (κ1) is 16.6. The molecule has 118 valence electrons. The molecular weight excluding hydrogens is 286 g/mol. The van der Waals surface area contributed by atoms with Crippen LogP contribution in [0.4, 0.5) is 0 Å². The zero-order valence-corrected chi connectivity index (χ0v) is 13.8. The molecule has 23 heavy (non-hydrogen) atoms. The number of hydrogen-bond donors (Lipinski definition) is 1. The van der Waals surface area contributed by atoms with Gasteiger partial charge in [-0.2, -0.15) is 5.10 Å². The van der Waals surface area contributed by atoms with Crippen LogP contribution in [0.25, 0.3) is 6.08 Å². The van der Waals surface area contributed by atoms with Crippen molar-refractivity contribution in [3.8, 4) is 12.3 Å². The molecule has 2 aromatic rings. The number of aromatic nitrogens is 2. The van der Waals surface area contributed by atoms with E-state index in [1.54, 1.807) is 6.08 Å². The second-order valence-electron chi connectivity index (χ2n) is 5.48. The lowest BCUT2D eigenvalue weighted by Crippen LogP contribution is -2.20. The second-order valence-corrected chi connectivity index (χ2v) is 5.48. The van der Waals surface area contributed by atoms with E-state index in [-0.39, 0.29) is 12.5 Å². The normalized spacial score (nSPS) is 10.7. The van der Waals surface area contributed by atoms with Crippen molar-refractivity contribution in [2.45, 2.75) is 27.3 Å². The number of carbonyl (C=O) groups excluding carboxylic acids is 1. The number of aryl methyl sites for hydroxylation is 2. The van der Waals surface area contributed by atoms with Gasteiger partial charge in [-0.25, -0.2) is 0 Å². The van der Waals surface area contributed by atoms with Gasteiger partial charge in [-0.05, 0) is 32.4 Å². The average molecular weight is 307 g/mol. The Morgan fingerprint density at radius 2 is 2.00 bits per heavy atom. The van der Waals surface area contributed by atoms with Gasteiger partial charge in [0.25, 0.3) is 0 Å². The molecule has 0 aliphatic heterocycles. The van der Waals surface area contributed by atoms with E-state index in [0.29, 0.717) is 6.54 Å². The lowest BCUT2D eigenvalue weighted by molar-refractivity contribution is -0.116. The first-order valence-electron chi connectivity index (χ1n) is 7.50. The van der Waals surface area contributed by atoms with Crippen molar-refractivity contribution in [1.82, 2.24) is 15.1 Å². The summed E-state index contributed by atoms with van der Waals surface area (Å²) in [6.45, 7) is 6.96. The minimum Gasteiger partial charge on any atom is -0.342 e. The smallest absolute Gasteiger partial charge is 0.244 e. The van der Waals surface area contributed by atoms with Gasteiger partial charge in [-0.3, -0.25) is 9.48 Å². The highest BCUT2D eigenvalue weighted by Gasteiger charge is 2.09. The van der Waals surface area contributed by atoms with Crippen LogP contribution in [0, 0.1) is 33.1 Å². The van der Waals surface area contributed by atoms with Crippen LogP contribution in [0.3, 0.4) is 0 Å². The van der Waals surface area contributed by atoms with E-state index in [0.717, 1.165) is 17.0 Å². The molecule has 1 amide bonds. The van der Waals surface area contributed by atoms with Gasteiger partial charge in [0.1, 0.15) is 0 Å². The zero-order chi connectivity index (χ0) is 16.8. The summed E-state index contributed by atoms with van der Waals surface area (Å²) < 4.78 is 1.96. The van der Waals surface area contributed by atoms with Crippen LogP contribution in [-0.2, 0) is 11.3 Å². The molecule has 0 bridgehead atoms. The monoisotopic (exact) mass is 307 g/mol. The van der Waals surface area contributed by atoms with Gasteiger partial charge in [0.2, 0.25) is 5.91 Å². The summed E-state index contributed by atoms with van der Waals surface area (Å²) in [4.78, 5) is 11.6. The molecule has 4 nitrogen and oxygen atoms in total. The van der Waals surface area contributed by atoms with Gasteiger partial charge >= 0.3 is 0 Å². The Bertz CT molecular complexity index is 761. The highest BCUT2D eigenvalue weighted by atomic mass is 16.1. The molecule has 0 radical (unpaired) electrons. The zero-order valence-electron chi connectivity index (χ0n) is 13.8. The standard InChI is InChI=1S/C19H21N3O/c1-5-12-20-19(23)11-10-18-15(3)21-22(16(18)4)13-17-8-6-14(2)7-9-17/h1,6-11H,12-13H2,2-4H3,(H,20,23)/b11-10+. The fourth-order valence-corrected chi connectivity index (χ4v) is 2.33. The number of terminal acetylenes is 1. The summed E-state index contributed by atoms with van der Waals surface area (Å²) in [6, 6.07) is 8.40. The molecule has 0 saturated heterocycles. The predicted molar refractivity (Wildman–Crippen MR) is 92.9 cm³/mol. The maximum Gasteiger partial charge on any atom is 0.244 e. The third-order valence-electron chi connectivity index (χ3n) is 3.66. The van der Waals surface area contributed by atoms with E-state index < -0.39 is 0 Å². The van der Waals surface area contributed by atoms with Gasteiger partial charge < -0.3 is 5.32 Å². The molecule has 4 heteroatoms. The van der Waals surface area contributed by atoms with E-state index in [4.69, 9.17) is 6.42 Å². The van der Waals surface area contributed by atoms with Crippen LogP contribution in [0.2, 0.25) is 0 Å². The lowest BCUT2D eigenvalue weighted by atomic mass is 10.1. The molecule has 1 aromatic carbocycles. The molecule has 0 atom stereocenters. The summed E-state index contributed by atoms with van der Waals surface area (Å²) in [6.07, 6.45) is 8.39. The van der Waals surface area contributed by atoms with Crippen LogP contribution < -0.4 is 5.32 Å².